The smallest absolute Gasteiger partial charge is 0.255 e. The van der Waals surface area contributed by atoms with Crippen LogP contribution in [0.2, 0.25) is 0 Å². The summed E-state index contributed by atoms with van der Waals surface area (Å²) in [5.74, 6) is -0.297. The fourth-order valence-electron chi connectivity index (χ4n) is 4.23. The minimum atomic E-state index is -2.59. The predicted octanol–water partition coefficient (Wildman–Crippen LogP) is 3.80. The van der Waals surface area contributed by atoms with E-state index in [2.05, 4.69) is 5.32 Å². The Hall–Kier alpha value is -2.76. The maximum absolute atomic E-state index is 13.0. The Bertz CT molecular complexity index is 875. The Morgan fingerprint density at radius 1 is 0.900 bits per heavy atom. The highest BCUT2D eigenvalue weighted by Gasteiger charge is 2.46. The van der Waals surface area contributed by atoms with Crippen LogP contribution in [0.1, 0.15) is 35.8 Å². The Labute approximate surface area is 175 Å². The third-order valence-corrected chi connectivity index (χ3v) is 6.04. The summed E-state index contributed by atoms with van der Waals surface area (Å²) in [6.07, 6.45) is -1.10. The molecule has 0 heterocycles. The lowest BCUT2D eigenvalue weighted by Crippen LogP contribution is -2.42. The number of nitrogens with one attached hydrogen (secondary N) is 1. The summed E-state index contributed by atoms with van der Waals surface area (Å²) in [5, 5.41) is 2.83. The third kappa shape index (κ3) is 4.86. The molecule has 0 radical (unpaired) electrons. The number of halogens is 2. The van der Waals surface area contributed by atoms with Gasteiger partial charge in [-0.3, -0.25) is 9.59 Å². The molecule has 2 aliphatic carbocycles. The van der Waals surface area contributed by atoms with Gasteiger partial charge in [0.15, 0.2) is 0 Å². The highest BCUT2D eigenvalue weighted by atomic mass is 19.3. The van der Waals surface area contributed by atoms with Gasteiger partial charge in [-0.25, -0.2) is 8.78 Å². The molecule has 4 rings (SSSR count). The number of rotatable bonds is 9. The van der Waals surface area contributed by atoms with Crippen LogP contribution in [0.3, 0.4) is 0 Å². The van der Waals surface area contributed by atoms with Crippen LogP contribution in [0.25, 0.3) is 0 Å². The minimum absolute atomic E-state index is 0.0677. The largest absolute Gasteiger partial charge is 0.354 e. The number of amides is 2. The summed E-state index contributed by atoms with van der Waals surface area (Å²) in [6.45, 7) is -0.295. The van der Waals surface area contributed by atoms with E-state index in [0.29, 0.717) is 6.42 Å². The SMILES string of the molecule is O=C(NCCN(CC(F)F)C(=O)[C@@H]1C[C@@H]1c1ccccc1)[C@@H]1C[C@H]1c1ccccc1. The van der Waals surface area contributed by atoms with E-state index in [-0.39, 0.29) is 48.6 Å². The summed E-state index contributed by atoms with van der Waals surface area (Å²) < 4.78 is 26.1. The summed E-state index contributed by atoms with van der Waals surface area (Å²) in [6, 6.07) is 19.6. The fourth-order valence-corrected chi connectivity index (χ4v) is 4.23. The second-order valence-electron chi connectivity index (χ2n) is 8.19. The summed E-state index contributed by atoms with van der Waals surface area (Å²) in [7, 11) is 0. The Balaban J connectivity index is 1.27. The van der Waals surface area contributed by atoms with E-state index in [4.69, 9.17) is 0 Å². The molecule has 2 amide bonds. The van der Waals surface area contributed by atoms with Crippen molar-refractivity contribution >= 4 is 11.8 Å². The van der Waals surface area contributed by atoms with Gasteiger partial charge >= 0.3 is 0 Å². The molecule has 30 heavy (non-hydrogen) atoms. The zero-order valence-electron chi connectivity index (χ0n) is 16.7. The van der Waals surface area contributed by atoms with E-state index in [9.17, 15) is 18.4 Å². The lowest BCUT2D eigenvalue weighted by atomic mass is 10.1. The topological polar surface area (TPSA) is 49.4 Å². The molecule has 0 aliphatic heterocycles. The molecule has 4 atom stereocenters. The average molecular weight is 412 g/mol. The number of carbonyl (C=O) groups excluding carboxylic acids is 2. The van der Waals surface area contributed by atoms with Gasteiger partial charge in [-0.2, -0.15) is 0 Å². The fraction of sp³-hybridized carbons (Fsp3) is 0.417. The molecular formula is C24H26F2N2O2. The molecule has 2 aromatic rings. The molecule has 2 fully saturated rings. The number of hydrogen-bond donors (Lipinski definition) is 1. The molecule has 0 aromatic heterocycles. The van der Waals surface area contributed by atoms with Gasteiger partial charge in [0, 0.05) is 24.9 Å². The summed E-state index contributed by atoms with van der Waals surface area (Å²) in [5.41, 5.74) is 2.22. The van der Waals surface area contributed by atoms with E-state index < -0.39 is 13.0 Å². The van der Waals surface area contributed by atoms with E-state index >= 15 is 0 Å². The van der Waals surface area contributed by atoms with Gasteiger partial charge in [-0.05, 0) is 35.8 Å². The summed E-state index contributed by atoms with van der Waals surface area (Å²) >= 11 is 0. The highest BCUT2D eigenvalue weighted by Crippen LogP contribution is 2.48. The molecule has 2 aromatic carbocycles. The molecular weight excluding hydrogens is 386 g/mol. The zero-order chi connectivity index (χ0) is 21.1. The molecule has 0 saturated heterocycles. The number of carbonyl (C=O) groups is 2. The molecule has 1 N–H and O–H groups in total. The number of hydrogen-bond acceptors (Lipinski definition) is 2. The molecule has 0 unspecified atom stereocenters. The van der Waals surface area contributed by atoms with E-state index in [0.717, 1.165) is 17.5 Å². The second-order valence-corrected chi connectivity index (χ2v) is 8.19. The van der Waals surface area contributed by atoms with Crippen LogP contribution >= 0.6 is 0 Å². The summed E-state index contributed by atoms with van der Waals surface area (Å²) in [4.78, 5) is 26.4. The first-order chi connectivity index (χ1) is 14.5. The number of alkyl halides is 2. The average Bonchev–Trinajstić information content (AvgIpc) is 3.67. The van der Waals surface area contributed by atoms with Crippen molar-refractivity contribution in [1.82, 2.24) is 10.2 Å². The van der Waals surface area contributed by atoms with E-state index in [1.807, 2.05) is 60.7 Å². The quantitative estimate of drug-likeness (QED) is 0.681. The first kappa shape index (κ1) is 20.5. The lowest BCUT2D eigenvalue weighted by Gasteiger charge is -2.23. The van der Waals surface area contributed by atoms with Crippen molar-refractivity contribution < 1.29 is 18.4 Å². The van der Waals surface area contributed by atoms with Gasteiger partial charge < -0.3 is 10.2 Å². The lowest BCUT2D eigenvalue weighted by molar-refractivity contribution is -0.135. The number of benzene rings is 2. The third-order valence-electron chi connectivity index (χ3n) is 6.04. The van der Waals surface area contributed by atoms with Gasteiger partial charge in [0.25, 0.3) is 6.43 Å². The van der Waals surface area contributed by atoms with Crippen LogP contribution in [0, 0.1) is 11.8 Å². The Kier molecular flexibility index (Phi) is 6.11. The molecule has 158 valence electrons. The van der Waals surface area contributed by atoms with Crippen LogP contribution in [-0.4, -0.2) is 42.8 Å². The predicted molar refractivity (Wildman–Crippen MR) is 110 cm³/mol. The zero-order valence-corrected chi connectivity index (χ0v) is 16.7. The van der Waals surface area contributed by atoms with Gasteiger partial charge in [-0.1, -0.05) is 60.7 Å². The van der Waals surface area contributed by atoms with Crippen LogP contribution in [0.5, 0.6) is 0 Å². The maximum atomic E-state index is 13.0. The highest BCUT2D eigenvalue weighted by molar-refractivity contribution is 5.84. The van der Waals surface area contributed by atoms with Crippen LogP contribution in [0.4, 0.5) is 8.78 Å². The molecule has 0 bridgehead atoms. The van der Waals surface area contributed by atoms with Crippen molar-refractivity contribution in [3.05, 3.63) is 71.8 Å². The van der Waals surface area contributed by atoms with Crippen molar-refractivity contribution in [3.8, 4) is 0 Å². The van der Waals surface area contributed by atoms with Crippen molar-refractivity contribution in [2.24, 2.45) is 11.8 Å². The standard InChI is InChI=1S/C24H26F2N2O2/c25-22(26)15-28(24(30)21-14-19(21)17-9-5-2-6-10-17)12-11-27-23(29)20-13-18(20)16-7-3-1-4-8-16/h1-10,18-22H,11-15H2,(H,27,29)/t18-,19+,20+,21+/m0/s1. The Morgan fingerprint density at radius 3 is 2.00 bits per heavy atom. The van der Waals surface area contributed by atoms with Crippen molar-refractivity contribution in [3.63, 3.8) is 0 Å². The van der Waals surface area contributed by atoms with E-state index in [1.165, 1.54) is 4.90 Å². The van der Waals surface area contributed by atoms with Crippen LogP contribution in [0.15, 0.2) is 60.7 Å². The van der Waals surface area contributed by atoms with Crippen molar-refractivity contribution in [2.45, 2.75) is 31.1 Å². The van der Waals surface area contributed by atoms with Gasteiger partial charge in [-0.15, -0.1) is 0 Å². The maximum Gasteiger partial charge on any atom is 0.255 e. The van der Waals surface area contributed by atoms with Gasteiger partial charge in [0.05, 0.1) is 6.54 Å². The molecule has 4 nitrogen and oxygen atoms in total. The molecule has 6 heteroatoms. The molecule has 0 spiro atoms. The van der Waals surface area contributed by atoms with Crippen LogP contribution < -0.4 is 5.32 Å². The van der Waals surface area contributed by atoms with Crippen LogP contribution in [-0.2, 0) is 9.59 Å². The monoisotopic (exact) mass is 412 g/mol. The number of nitrogens with zero attached hydrogens (tertiary/aromatic N) is 1. The van der Waals surface area contributed by atoms with E-state index in [1.54, 1.807) is 0 Å². The normalized spacial score (nSPS) is 24.4. The van der Waals surface area contributed by atoms with Crippen molar-refractivity contribution in [1.29, 1.82) is 0 Å². The first-order valence-electron chi connectivity index (χ1n) is 10.5. The second kappa shape index (κ2) is 8.94. The first-order valence-corrected chi connectivity index (χ1v) is 10.5. The van der Waals surface area contributed by atoms with Crippen molar-refractivity contribution in [2.75, 3.05) is 19.6 Å². The molecule has 2 saturated carbocycles. The van der Waals surface area contributed by atoms with Gasteiger partial charge in [0.1, 0.15) is 0 Å². The van der Waals surface area contributed by atoms with Gasteiger partial charge in [0.2, 0.25) is 11.8 Å². The minimum Gasteiger partial charge on any atom is -0.354 e. The molecule has 2 aliphatic rings. The Morgan fingerprint density at radius 2 is 1.43 bits per heavy atom.